The van der Waals surface area contributed by atoms with Crippen LogP contribution in [0.2, 0.25) is 0 Å². The summed E-state index contributed by atoms with van der Waals surface area (Å²) in [4.78, 5) is 37.2. The molecule has 0 aliphatic carbocycles. The molecule has 0 aliphatic heterocycles. The van der Waals surface area contributed by atoms with Gasteiger partial charge >= 0.3 is 5.97 Å². The van der Waals surface area contributed by atoms with Crippen LogP contribution in [0.4, 0.5) is 0 Å². The van der Waals surface area contributed by atoms with Crippen LogP contribution >= 0.6 is 0 Å². The molecular formula is C19H20N2O4. The number of benzene rings is 2. The topological polar surface area (TPSA) is 86.7 Å². The Labute approximate surface area is 146 Å². The molecule has 2 rings (SSSR count). The number of nitrogens with one attached hydrogen (secondary N) is 1. The first-order valence-electron chi connectivity index (χ1n) is 7.71. The molecular weight excluding hydrogens is 320 g/mol. The van der Waals surface area contributed by atoms with Gasteiger partial charge in [-0.25, -0.2) is 4.79 Å². The molecule has 0 radical (unpaired) electrons. The van der Waals surface area contributed by atoms with Crippen LogP contribution in [0.1, 0.15) is 17.3 Å². The Morgan fingerprint density at radius 2 is 1.48 bits per heavy atom. The molecule has 0 spiro atoms. The molecule has 2 aromatic rings. The van der Waals surface area contributed by atoms with Crippen molar-refractivity contribution in [3.63, 3.8) is 0 Å². The maximum Gasteiger partial charge on any atom is 0.339 e. The average molecular weight is 340 g/mol. The van der Waals surface area contributed by atoms with E-state index < -0.39 is 23.3 Å². The number of hydrogen-bond donors (Lipinski definition) is 2. The fourth-order valence-electron chi connectivity index (χ4n) is 2.47. The first-order valence-corrected chi connectivity index (χ1v) is 7.71. The van der Waals surface area contributed by atoms with E-state index in [0.717, 1.165) is 16.0 Å². The summed E-state index contributed by atoms with van der Waals surface area (Å²) in [6.07, 6.45) is 0. The van der Waals surface area contributed by atoms with E-state index in [9.17, 15) is 19.5 Å². The van der Waals surface area contributed by atoms with Gasteiger partial charge in [0, 0.05) is 19.7 Å². The summed E-state index contributed by atoms with van der Waals surface area (Å²) < 4.78 is 0. The fourth-order valence-corrected chi connectivity index (χ4v) is 2.47. The molecule has 6 heteroatoms. The first-order chi connectivity index (χ1) is 11.8. The average Bonchev–Trinajstić information content (AvgIpc) is 2.66. The number of carbonyl (C=O) groups is 3. The van der Waals surface area contributed by atoms with Crippen molar-refractivity contribution in [2.75, 3.05) is 14.1 Å². The van der Waals surface area contributed by atoms with Crippen molar-refractivity contribution in [3.05, 3.63) is 60.2 Å². The van der Waals surface area contributed by atoms with Gasteiger partial charge < -0.3 is 15.3 Å². The highest BCUT2D eigenvalue weighted by Gasteiger charge is 2.47. The molecule has 2 N–H and O–H groups in total. The van der Waals surface area contributed by atoms with Crippen LogP contribution in [-0.2, 0) is 9.59 Å². The minimum absolute atomic E-state index is 0.304. The van der Waals surface area contributed by atoms with E-state index in [1.807, 2.05) is 30.3 Å². The Morgan fingerprint density at radius 3 is 1.96 bits per heavy atom. The van der Waals surface area contributed by atoms with Crippen LogP contribution in [0.25, 0.3) is 11.1 Å². The van der Waals surface area contributed by atoms with Crippen LogP contribution < -0.4 is 5.32 Å². The number of aliphatic carboxylic acids is 1. The molecule has 1 atom stereocenters. The Kier molecular flexibility index (Phi) is 5.22. The van der Waals surface area contributed by atoms with Gasteiger partial charge in [0.2, 0.25) is 5.54 Å². The van der Waals surface area contributed by atoms with Gasteiger partial charge in [-0.3, -0.25) is 9.59 Å². The third-order valence-corrected chi connectivity index (χ3v) is 4.30. The van der Waals surface area contributed by atoms with E-state index in [-0.39, 0.29) is 0 Å². The van der Waals surface area contributed by atoms with Gasteiger partial charge in [0.05, 0.1) is 0 Å². The maximum atomic E-state index is 12.6. The molecule has 2 aromatic carbocycles. The predicted molar refractivity (Wildman–Crippen MR) is 94.1 cm³/mol. The third kappa shape index (κ3) is 3.38. The van der Waals surface area contributed by atoms with Gasteiger partial charge in [0.25, 0.3) is 11.8 Å². The summed E-state index contributed by atoms with van der Waals surface area (Å²) in [5.41, 5.74) is 0.255. The van der Waals surface area contributed by atoms with Gasteiger partial charge in [0.15, 0.2) is 0 Å². The van der Waals surface area contributed by atoms with E-state index in [1.54, 1.807) is 24.3 Å². The third-order valence-electron chi connectivity index (χ3n) is 4.30. The van der Waals surface area contributed by atoms with Gasteiger partial charge in [-0.05, 0) is 30.2 Å². The van der Waals surface area contributed by atoms with Crippen molar-refractivity contribution in [1.29, 1.82) is 0 Å². The molecule has 0 heterocycles. The molecule has 0 fully saturated rings. The molecule has 0 bridgehead atoms. The molecule has 130 valence electrons. The van der Waals surface area contributed by atoms with Crippen molar-refractivity contribution in [3.8, 4) is 11.1 Å². The van der Waals surface area contributed by atoms with Crippen molar-refractivity contribution < 1.29 is 19.5 Å². The SMILES string of the molecule is CNC(=O)C(C)(C(=O)O)N(C)C(=O)c1ccc(-c2ccccc2)cc1. The van der Waals surface area contributed by atoms with Gasteiger partial charge in [-0.15, -0.1) is 0 Å². The smallest absolute Gasteiger partial charge is 0.339 e. The second-order valence-corrected chi connectivity index (χ2v) is 5.76. The Bertz CT molecular complexity index is 787. The molecule has 6 nitrogen and oxygen atoms in total. The van der Waals surface area contributed by atoms with Crippen molar-refractivity contribution >= 4 is 17.8 Å². The van der Waals surface area contributed by atoms with E-state index in [2.05, 4.69) is 5.32 Å². The second kappa shape index (κ2) is 7.17. The molecule has 25 heavy (non-hydrogen) atoms. The first kappa shape index (κ1) is 18.2. The lowest BCUT2D eigenvalue weighted by molar-refractivity contribution is -0.154. The largest absolute Gasteiger partial charge is 0.479 e. The van der Waals surface area contributed by atoms with Gasteiger partial charge in [-0.2, -0.15) is 0 Å². The standard InChI is InChI=1S/C19H20N2O4/c1-19(18(24)25,17(23)20-2)21(3)16(22)15-11-9-14(10-12-15)13-7-5-4-6-8-13/h4-12H,1-3H3,(H,20,23)(H,24,25). The Morgan fingerprint density at radius 1 is 0.960 bits per heavy atom. The van der Waals surface area contributed by atoms with E-state index in [1.165, 1.54) is 21.0 Å². The summed E-state index contributed by atoms with van der Waals surface area (Å²) in [6.45, 7) is 1.20. The minimum Gasteiger partial charge on any atom is -0.479 e. The number of hydrogen-bond acceptors (Lipinski definition) is 3. The van der Waals surface area contributed by atoms with Crippen molar-refractivity contribution in [2.24, 2.45) is 0 Å². The lowest BCUT2D eigenvalue weighted by Crippen LogP contribution is -2.61. The predicted octanol–water partition coefficient (Wildman–Crippen LogP) is 2.01. The highest BCUT2D eigenvalue weighted by atomic mass is 16.4. The van der Waals surface area contributed by atoms with E-state index in [4.69, 9.17) is 0 Å². The Balaban J connectivity index is 2.30. The molecule has 0 saturated carbocycles. The minimum atomic E-state index is -2.00. The summed E-state index contributed by atoms with van der Waals surface area (Å²) in [6, 6.07) is 16.5. The highest BCUT2D eigenvalue weighted by molar-refractivity contribution is 6.10. The zero-order valence-electron chi connectivity index (χ0n) is 14.3. The number of likely N-dealkylation sites (N-methyl/N-ethyl adjacent to an activating group) is 2. The normalized spacial score (nSPS) is 12.8. The maximum absolute atomic E-state index is 12.6. The highest BCUT2D eigenvalue weighted by Crippen LogP contribution is 2.22. The lowest BCUT2D eigenvalue weighted by Gasteiger charge is -2.33. The van der Waals surface area contributed by atoms with Gasteiger partial charge in [-0.1, -0.05) is 42.5 Å². The number of carboxylic acids is 1. The second-order valence-electron chi connectivity index (χ2n) is 5.76. The number of amides is 2. The van der Waals surface area contributed by atoms with Crippen LogP contribution in [-0.4, -0.2) is 47.4 Å². The fraction of sp³-hybridized carbons (Fsp3) is 0.211. The van der Waals surface area contributed by atoms with Gasteiger partial charge in [0.1, 0.15) is 0 Å². The lowest BCUT2D eigenvalue weighted by atomic mass is 9.97. The quantitative estimate of drug-likeness (QED) is 0.815. The monoisotopic (exact) mass is 340 g/mol. The van der Waals surface area contributed by atoms with Crippen LogP contribution in [0.15, 0.2) is 54.6 Å². The van der Waals surface area contributed by atoms with Crippen LogP contribution in [0.5, 0.6) is 0 Å². The molecule has 0 aromatic heterocycles. The van der Waals surface area contributed by atoms with E-state index >= 15 is 0 Å². The van der Waals surface area contributed by atoms with E-state index in [0.29, 0.717) is 5.56 Å². The summed E-state index contributed by atoms with van der Waals surface area (Å²) in [5, 5.41) is 11.7. The number of carbonyl (C=O) groups excluding carboxylic acids is 2. The summed E-state index contributed by atoms with van der Waals surface area (Å²) in [7, 11) is 2.63. The van der Waals surface area contributed by atoms with Crippen molar-refractivity contribution in [1.82, 2.24) is 10.2 Å². The number of nitrogens with zero attached hydrogens (tertiary/aromatic N) is 1. The zero-order chi connectivity index (χ0) is 18.6. The number of rotatable bonds is 5. The molecule has 0 saturated heterocycles. The molecule has 2 amide bonds. The van der Waals surface area contributed by atoms with Crippen LogP contribution in [0.3, 0.4) is 0 Å². The summed E-state index contributed by atoms with van der Waals surface area (Å²) >= 11 is 0. The summed E-state index contributed by atoms with van der Waals surface area (Å²) in [5.74, 6) is -2.71. The zero-order valence-corrected chi connectivity index (χ0v) is 14.3. The van der Waals surface area contributed by atoms with Crippen molar-refractivity contribution in [2.45, 2.75) is 12.5 Å². The number of carboxylic acid groups (broad SMARTS) is 1. The Hall–Kier alpha value is -3.15. The van der Waals surface area contributed by atoms with Crippen LogP contribution in [0, 0.1) is 0 Å². The molecule has 1 unspecified atom stereocenters. The molecule has 0 aliphatic rings.